The maximum atomic E-state index is 14.2. The van der Waals surface area contributed by atoms with Crippen LogP contribution in [0.3, 0.4) is 0 Å². The van der Waals surface area contributed by atoms with Gasteiger partial charge >= 0.3 is 0 Å². The van der Waals surface area contributed by atoms with Crippen LogP contribution in [0.5, 0.6) is 0 Å². The SMILES string of the molecule is O=C1NC(=S)N(c2ccccc2Cl)C(=O)[C@]12Cc1cc([N+](=O)[O-])ccc1N1CCCCC[C@@H]12. The largest absolute Gasteiger partial charge is 0.367 e. The number of rotatable bonds is 2. The molecule has 0 aromatic heterocycles. The molecule has 2 aromatic rings. The summed E-state index contributed by atoms with van der Waals surface area (Å²) in [6, 6.07) is 11.1. The third kappa shape index (κ3) is 3.29. The molecule has 0 radical (unpaired) electrons. The molecule has 2 atom stereocenters. The Kier molecular flexibility index (Phi) is 5.33. The van der Waals surface area contributed by atoms with E-state index in [1.54, 1.807) is 30.3 Å². The number of halogens is 1. The molecule has 8 nitrogen and oxygen atoms in total. The minimum Gasteiger partial charge on any atom is -0.367 e. The second-order valence-electron chi connectivity index (χ2n) is 8.63. The van der Waals surface area contributed by atoms with E-state index in [0.717, 1.165) is 24.9 Å². The molecule has 33 heavy (non-hydrogen) atoms. The molecule has 170 valence electrons. The van der Waals surface area contributed by atoms with Gasteiger partial charge in [0.15, 0.2) is 10.5 Å². The van der Waals surface area contributed by atoms with Gasteiger partial charge in [0.05, 0.1) is 21.7 Å². The van der Waals surface area contributed by atoms with Gasteiger partial charge in [-0.3, -0.25) is 24.6 Å². The fraction of sp³-hybridized carbons (Fsp3) is 0.348. The Morgan fingerprint density at radius 3 is 2.67 bits per heavy atom. The third-order valence-corrected chi connectivity index (χ3v) is 7.49. The second-order valence-corrected chi connectivity index (χ2v) is 9.42. The zero-order chi connectivity index (χ0) is 23.3. The normalized spacial score (nSPS) is 24.8. The summed E-state index contributed by atoms with van der Waals surface area (Å²) in [5, 5.41) is 14.5. The molecule has 1 N–H and O–H groups in total. The first-order valence-electron chi connectivity index (χ1n) is 10.8. The monoisotopic (exact) mass is 484 g/mol. The summed E-state index contributed by atoms with van der Waals surface area (Å²) in [5.74, 6) is -0.909. The number of thiocarbonyl (C=S) groups is 1. The Morgan fingerprint density at radius 1 is 1.12 bits per heavy atom. The van der Waals surface area contributed by atoms with E-state index in [2.05, 4.69) is 10.2 Å². The molecule has 3 aliphatic heterocycles. The number of benzene rings is 2. The Balaban J connectivity index is 1.70. The number of carbonyl (C=O) groups excluding carboxylic acids is 2. The molecule has 2 aromatic carbocycles. The average molecular weight is 485 g/mol. The number of nitro benzene ring substituents is 1. The molecule has 3 aliphatic rings. The standard InChI is InChI=1S/C23H21ClN4O4S/c24-16-6-3-4-7-18(16)27-21(30)23(20(29)25-22(27)33)13-14-12-15(28(31)32)9-10-17(14)26-11-5-1-2-8-19(23)26/h3-4,6-7,9-10,12,19H,1-2,5,8,11,13H2,(H,25,29,33)/t19-,23+/m1/s1. The van der Waals surface area contributed by atoms with Crippen LogP contribution < -0.4 is 15.1 Å². The predicted molar refractivity (Wildman–Crippen MR) is 129 cm³/mol. The van der Waals surface area contributed by atoms with Gasteiger partial charge < -0.3 is 10.2 Å². The van der Waals surface area contributed by atoms with Gasteiger partial charge in [0.25, 0.3) is 11.6 Å². The first-order valence-corrected chi connectivity index (χ1v) is 11.6. The lowest BCUT2D eigenvalue weighted by Gasteiger charge is -2.52. The van der Waals surface area contributed by atoms with Crippen LogP contribution in [0.4, 0.5) is 17.1 Å². The number of hydrogen-bond acceptors (Lipinski definition) is 6. The van der Waals surface area contributed by atoms with Gasteiger partial charge in [-0.2, -0.15) is 0 Å². The van der Waals surface area contributed by atoms with Gasteiger partial charge in [0.1, 0.15) is 0 Å². The number of amides is 2. The lowest BCUT2D eigenvalue weighted by Crippen LogP contribution is -2.72. The van der Waals surface area contributed by atoms with E-state index in [9.17, 15) is 19.7 Å². The molecule has 3 heterocycles. The molecule has 0 aliphatic carbocycles. The van der Waals surface area contributed by atoms with Crippen molar-refractivity contribution in [1.82, 2.24) is 5.32 Å². The number of para-hydroxylation sites is 1. The highest BCUT2D eigenvalue weighted by Crippen LogP contribution is 2.48. The Morgan fingerprint density at radius 2 is 1.91 bits per heavy atom. The van der Waals surface area contributed by atoms with Crippen molar-refractivity contribution < 1.29 is 14.5 Å². The van der Waals surface area contributed by atoms with Crippen molar-refractivity contribution in [2.24, 2.45) is 5.41 Å². The zero-order valence-electron chi connectivity index (χ0n) is 17.6. The molecule has 0 bridgehead atoms. The minimum atomic E-state index is -1.48. The summed E-state index contributed by atoms with van der Waals surface area (Å²) in [5.41, 5.74) is 0.306. The summed E-state index contributed by atoms with van der Waals surface area (Å²) < 4.78 is 0. The summed E-state index contributed by atoms with van der Waals surface area (Å²) in [7, 11) is 0. The van der Waals surface area contributed by atoms with Gasteiger partial charge in [-0.25, -0.2) is 0 Å². The number of anilines is 2. The van der Waals surface area contributed by atoms with Crippen LogP contribution in [0.1, 0.15) is 31.2 Å². The van der Waals surface area contributed by atoms with Crippen molar-refractivity contribution in [2.75, 3.05) is 16.3 Å². The van der Waals surface area contributed by atoms with Crippen LogP contribution in [0.15, 0.2) is 42.5 Å². The minimum absolute atomic E-state index is 0.0197. The number of carbonyl (C=O) groups is 2. The van der Waals surface area contributed by atoms with Crippen LogP contribution in [-0.4, -0.2) is 34.4 Å². The van der Waals surface area contributed by atoms with Gasteiger partial charge in [-0.1, -0.05) is 36.6 Å². The third-order valence-electron chi connectivity index (χ3n) is 6.88. The van der Waals surface area contributed by atoms with E-state index in [-0.39, 0.29) is 17.2 Å². The Bertz CT molecular complexity index is 1200. The highest BCUT2D eigenvalue weighted by Gasteiger charge is 2.61. The highest BCUT2D eigenvalue weighted by atomic mass is 35.5. The van der Waals surface area contributed by atoms with Crippen molar-refractivity contribution >= 4 is 57.8 Å². The molecule has 2 fully saturated rings. The molecule has 2 amide bonds. The van der Waals surface area contributed by atoms with E-state index in [4.69, 9.17) is 23.8 Å². The summed E-state index contributed by atoms with van der Waals surface area (Å²) >= 11 is 11.8. The van der Waals surface area contributed by atoms with Crippen molar-refractivity contribution in [3.63, 3.8) is 0 Å². The number of nitro groups is 1. The summed E-state index contributed by atoms with van der Waals surface area (Å²) in [6.45, 7) is 0.661. The zero-order valence-corrected chi connectivity index (χ0v) is 19.2. The van der Waals surface area contributed by atoms with E-state index >= 15 is 0 Å². The summed E-state index contributed by atoms with van der Waals surface area (Å²) in [4.78, 5) is 42.2. The molecular formula is C23H21ClN4O4S. The number of nitrogens with zero attached hydrogens (tertiary/aromatic N) is 3. The molecule has 2 saturated heterocycles. The van der Waals surface area contributed by atoms with Gasteiger partial charge in [0, 0.05) is 30.8 Å². The van der Waals surface area contributed by atoms with E-state index in [1.165, 1.54) is 17.0 Å². The number of nitrogens with one attached hydrogen (secondary N) is 1. The van der Waals surface area contributed by atoms with Crippen molar-refractivity contribution in [1.29, 1.82) is 0 Å². The first-order chi connectivity index (χ1) is 15.8. The van der Waals surface area contributed by atoms with Crippen LogP contribution >= 0.6 is 23.8 Å². The smallest absolute Gasteiger partial charge is 0.269 e. The van der Waals surface area contributed by atoms with Crippen molar-refractivity contribution in [3.05, 3.63) is 63.2 Å². The molecule has 1 spiro atoms. The second kappa shape index (κ2) is 8.07. The molecule has 0 saturated carbocycles. The maximum Gasteiger partial charge on any atom is 0.269 e. The molecule has 10 heteroatoms. The van der Waals surface area contributed by atoms with Crippen LogP contribution in [0, 0.1) is 15.5 Å². The van der Waals surface area contributed by atoms with Crippen LogP contribution in [0.25, 0.3) is 0 Å². The fourth-order valence-corrected chi connectivity index (χ4v) is 5.88. The van der Waals surface area contributed by atoms with E-state index in [0.29, 0.717) is 29.2 Å². The average Bonchev–Trinajstić information content (AvgIpc) is 3.05. The molecule has 0 unspecified atom stereocenters. The van der Waals surface area contributed by atoms with Gasteiger partial charge in [0.2, 0.25) is 5.91 Å². The number of hydrogen-bond donors (Lipinski definition) is 1. The molecular weight excluding hydrogens is 464 g/mol. The van der Waals surface area contributed by atoms with Crippen molar-refractivity contribution in [2.45, 2.75) is 38.1 Å². The van der Waals surface area contributed by atoms with Gasteiger partial charge in [-0.05, 0) is 48.8 Å². The van der Waals surface area contributed by atoms with Crippen molar-refractivity contribution in [3.8, 4) is 0 Å². The quantitative estimate of drug-likeness (QED) is 0.300. The van der Waals surface area contributed by atoms with E-state index in [1.807, 2.05) is 0 Å². The van der Waals surface area contributed by atoms with E-state index < -0.39 is 28.2 Å². The highest BCUT2D eigenvalue weighted by molar-refractivity contribution is 7.80. The predicted octanol–water partition coefficient (Wildman–Crippen LogP) is 3.99. The fourth-order valence-electron chi connectivity index (χ4n) is 5.39. The summed E-state index contributed by atoms with van der Waals surface area (Å²) in [6.07, 6.45) is 3.47. The number of fused-ring (bicyclic) bond motifs is 4. The first kappa shape index (κ1) is 21.8. The number of non-ortho nitro benzene ring substituents is 1. The maximum absolute atomic E-state index is 14.2. The van der Waals surface area contributed by atoms with Crippen LogP contribution in [-0.2, 0) is 16.0 Å². The lowest BCUT2D eigenvalue weighted by atomic mass is 9.67. The Labute approximate surface area is 200 Å². The van der Waals surface area contributed by atoms with Gasteiger partial charge in [-0.15, -0.1) is 0 Å². The van der Waals surface area contributed by atoms with Crippen LogP contribution in [0.2, 0.25) is 5.02 Å². The molecule has 5 rings (SSSR count). The Hall–Kier alpha value is -3.04. The topological polar surface area (TPSA) is 95.8 Å². The lowest BCUT2D eigenvalue weighted by molar-refractivity contribution is -0.384.